The van der Waals surface area contributed by atoms with Gasteiger partial charge in [-0.15, -0.1) is 0 Å². The fraction of sp³-hybridized carbons (Fsp3) is 0.167. The number of amides is 1. The maximum atomic E-state index is 13.1. The Kier molecular flexibility index (Phi) is 6.74. The second-order valence-electron chi connectivity index (χ2n) is 7.23. The number of hydrogen-bond donors (Lipinski definition) is 0. The monoisotopic (exact) mass is 528 g/mol. The Labute approximate surface area is 205 Å². The zero-order valence-corrected chi connectivity index (χ0v) is 21.0. The second kappa shape index (κ2) is 9.52. The van der Waals surface area contributed by atoms with Gasteiger partial charge in [0.1, 0.15) is 6.61 Å². The van der Waals surface area contributed by atoms with Gasteiger partial charge in [0, 0.05) is 11.4 Å². The minimum atomic E-state index is -0.151. The van der Waals surface area contributed by atoms with Crippen LogP contribution in [0.3, 0.4) is 0 Å². The van der Waals surface area contributed by atoms with Gasteiger partial charge in [-0.3, -0.25) is 9.47 Å². The van der Waals surface area contributed by atoms with E-state index in [2.05, 4.69) is 15.9 Å². The van der Waals surface area contributed by atoms with Crippen LogP contribution in [0, 0.1) is 13.8 Å². The molecule has 1 saturated heterocycles. The lowest BCUT2D eigenvalue weighted by atomic mass is 10.1. The summed E-state index contributed by atoms with van der Waals surface area (Å²) in [6.45, 7) is 4.32. The SMILES string of the molecule is COc1cc(/C=C2/SC(=S)N(n3c(C)ccc3C)C2=O)cc(Br)c1OCc1ccccc1. The van der Waals surface area contributed by atoms with E-state index in [4.69, 9.17) is 21.7 Å². The third-order valence-electron chi connectivity index (χ3n) is 4.98. The van der Waals surface area contributed by atoms with Gasteiger partial charge in [0.05, 0.1) is 16.5 Å². The molecule has 4 rings (SSSR count). The van der Waals surface area contributed by atoms with Crippen LogP contribution in [0.4, 0.5) is 0 Å². The molecule has 2 heterocycles. The third kappa shape index (κ3) is 4.48. The number of thiocarbonyl (C=S) groups is 1. The first-order chi connectivity index (χ1) is 15.4. The van der Waals surface area contributed by atoms with Crippen LogP contribution in [0.15, 0.2) is 64.0 Å². The van der Waals surface area contributed by atoms with Crippen LogP contribution in [-0.2, 0) is 11.4 Å². The first-order valence-electron chi connectivity index (χ1n) is 9.86. The largest absolute Gasteiger partial charge is 0.493 e. The number of aryl methyl sites for hydroxylation is 2. The molecule has 3 aromatic rings. The molecule has 5 nitrogen and oxygen atoms in total. The molecule has 0 spiro atoms. The molecule has 1 fully saturated rings. The van der Waals surface area contributed by atoms with Gasteiger partial charge in [0.25, 0.3) is 5.91 Å². The maximum absolute atomic E-state index is 13.1. The number of hydrogen-bond acceptors (Lipinski definition) is 5. The lowest BCUT2D eigenvalue weighted by Crippen LogP contribution is -2.39. The Hall–Kier alpha value is -2.55. The van der Waals surface area contributed by atoms with Crippen LogP contribution in [0.2, 0.25) is 0 Å². The summed E-state index contributed by atoms with van der Waals surface area (Å²) in [6.07, 6.45) is 1.82. The molecular weight excluding hydrogens is 508 g/mol. The zero-order chi connectivity index (χ0) is 22.8. The summed E-state index contributed by atoms with van der Waals surface area (Å²) < 4.78 is 14.6. The molecule has 0 unspecified atom stereocenters. The third-order valence-corrected chi connectivity index (χ3v) is 6.85. The Morgan fingerprint density at radius 1 is 1.09 bits per heavy atom. The Bertz CT molecular complexity index is 1200. The second-order valence-corrected chi connectivity index (χ2v) is 9.76. The summed E-state index contributed by atoms with van der Waals surface area (Å²) in [6, 6.07) is 17.6. The Balaban J connectivity index is 1.61. The molecule has 0 atom stereocenters. The zero-order valence-electron chi connectivity index (χ0n) is 17.8. The van der Waals surface area contributed by atoms with E-state index in [9.17, 15) is 4.79 Å². The molecule has 2 aromatic carbocycles. The average Bonchev–Trinajstić information content (AvgIpc) is 3.24. The van der Waals surface area contributed by atoms with Gasteiger partial charge in [-0.2, -0.15) is 5.01 Å². The number of benzene rings is 2. The number of thioether (sulfide) groups is 1. The van der Waals surface area contributed by atoms with E-state index in [1.165, 1.54) is 11.8 Å². The number of halogens is 1. The first-order valence-corrected chi connectivity index (χ1v) is 11.9. The van der Waals surface area contributed by atoms with E-state index in [0.717, 1.165) is 27.0 Å². The van der Waals surface area contributed by atoms with Gasteiger partial charge in [0.2, 0.25) is 0 Å². The predicted molar refractivity (Wildman–Crippen MR) is 137 cm³/mol. The number of nitrogens with zero attached hydrogens (tertiary/aromatic N) is 2. The van der Waals surface area contributed by atoms with Crippen molar-refractivity contribution in [1.29, 1.82) is 0 Å². The van der Waals surface area contributed by atoms with Gasteiger partial charge in [-0.05, 0) is 83.5 Å². The van der Waals surface area contributed by atoms with E-state index < -0.39 is 0 Å². The van der Waals surface area contributed by atoms with E-state index >= 15 is 0 Å². The van der Waals surface area contributed by atoms with E-state index in [0.29, 0.717) is 27.3 Å². The van der Waals surface area contributed by atoms with Crippen molar-refractivity contribution in [1.82, 2.24) is 4.68 Å². The molecule has 0 N–H and O–H groups in total. The van der Waals surface area contributed by atoms with Crippen molar-refractivity contribution in [3.63, 3.8) is 0 Å². The highest BCUT2D eigenvalue weighted by Crippen LogP contribution is 2.39. The molecule has 0 saturated carbocycles. The summed E-state index contributed by atoms with van der Waals surface area (Å²) >= 11 is 10.4. The van der Waals surface area contributed by atoms with Gasteiger partial charge >= 0.3 is 0 Å². The number of carbonyl (C=O) groups is 1. The van der Waals surface area contributed by atoms with E-state index in [1.807, 2.05) is 79.2 Å². The van der Waals surface area contributed by atoms with Crippen LogP contribution in [0.1, 0.15) is 22.5 Å². The molecule has 1 aromatic heterocycles. The summed E-state index contributed by atoms with van der Waals surface area (Å²) in [5, 5.41) is 1.54. The minimum absolute atomic E-state index is 0.151. The highest BCUT2D eigenvalue weighted by atomic mass is 79.9. The van der Waals surface area contributed by atoms with Crippen molar-refractivity contribution in [3.05, 3.63) is 86.5 Å². The number of ether oxygens (including phenoxy) is 2. The van der Waals surface area contributed by atoms with E-state index in [-0.39, 0.29) is 5.91 Å². The highest BCUT2D eigenvalue weighted by Gasteiger charge is 2.34. The van der Waals surface area contributed by atoms with Gasteiger partial charge in [0.15, 0.2) is 15.8 Å². The van der Waals surface area contributed by atoms with Gasteiger partial charge in [-0.1, -0.05) is 42.1 Å². The normalized spacial score (nSPS) is 15.0. The molecule has 1 aliphatic rings. The van der Waals surface area contributed by atoms with Gasteiger partial charge in [-0.25, -0.2) is 0 Å². The molecular formula is C24H21BrN2O3S2. The van der Waals surface area contributed by atoms with Crippen LogP contribution in [0.25, 0.3) is 6.08 Å². The molecule has 32 heavy (non-hydrogen) atoms. The number of carbonyl (C=O) groups excluding carboxylic acids is 1. The summed E-state index contributed by atoms with van der Waals surface area (Å²) in [5.74, 6) is 1.04. The average molecular weight is 529 g/mol. The fourth-order valence-electron chi connectivity index (χ4n) is 3.45. The highest BCUT2D eigenvalue weighted by molar-refractivity contribution is 9.10. The smallest absolute Gasteiger partial charge is 0.285 e. The van der Waals surface area contributed by atoms with E-state index in [1.54, 1.807) is 12.1 Å². The lowest BCUT2D eigenvalue weighted by Gasteiger charge is -2.20. The standard InChI is InChI=1S/C24H21BrN2O3S2/c1-15-9-10-16(2)26(15)27-23(28)21(32-24(27)31)13-18-11-19(25)22(20(12-18)29-3)30-14-17-7-5-4-6-8-17/h4-13H,14H2,1-3H3/b21-13+. The first kappa shape index (κ1) is 22.6. The lowest BCUT2D eigenvalue weighted by molar-refractivity contribution is -0.114. The molecule has 1 aliphatic heterocycles. The fourth-order valence-corrected chi connectivity index (χ4v) is 5.27. The maximum Gasteiger partial charge on any atom is 0.285 e. The summed E-state index contributed by atoms with van der Waals surface area (Å²) in [7, 11) is 1.60. The number of rotatable bonds is 6. The van der Waals surface area contributed by atoms with Crippen molar-refractivity contribution < 1.29 is 14.3 Å². The predicted octanol–water partition coefficient (Wildman–Crippen LogP) is 5.99. The molecule has 8 heteroatoms. The number of methoxy groups -OCH3 is 1. The summed E-state index contributed by atoms with van der Waals surface area (Å²) in [4.78, 5) is 13.7. The van der Waals surface area contributed by atoms with Crippen molar-refractivity contribution in [3.8, 4) is 11.5 Å². The topological polar surface area (TPSA) is 43.7 Å². The van der Waals surface area contributed by atoms with Gasteiger partial charge < -0.3 is 9.47 Å². The minimum Gasteiger partial charge on any atom is -0.493 e. The van der Waals surface area contributed by atoms with Crippen molar-refractivity contribution in [2.24, 2.45) is 0 Å². The summed E-state index contributed by atoms with van der Waals surface area (Å²) in [5.41, 5.74) is 3.76. The molecule has 0 bridgehead atoms. The van der Waals surface area contributed by atoms with Crippen LogP contribution in [-0.4, -0.2) is 22.0 Å². The molecule has 164 valence electrons. The molecule has 0 radical (unpaired) electrons. The van der Waals surface area contributed by atoms with Crippen LogP contribution in [0.5, 0.6) is 11.5 Å². The molecule has 0 aliphatic carbocycles. The van der Waals surface area contributed by atoms with Crippen molar-refractivity contribution in [2.75, 3.05) is 12.1 Å². The van der Waals surface area contributed by atoms with Crippen molar-refractivity contribution in [2.45, 2.75) is 20.5 Å². The van der Waals surface area contributed by atoms with Crippen LogP contribution >= 0.6 is 39.9 Å². The van der Waals surface area contributed by atoms with Crippen LogP contribution < -0.4 is 14.5 Å². The number of aromatic nitrogens is 1. The Morgan fingerprint density at radius 2 is 1.78 bits per heavy atom. The quantitative estimate of drug-likeness (QED) is 0.290. The molecule has 1 amide bonds. The Morgan fingerprint density at radius 3 is 2.44 bits per heavy atom. The van der Waals surface area contributed by atoms with Crippen molar-refractivity contribution >= 4 is 56.2 Å².